The summed E-state index contributed by atoms with van der Waals surface area (Å²) < 4.78 is 55.5. The van der Waals surface area contributed by atoms with Gasteiger partial charge in [0, 0.05) is 17.5 Å². The van der Waals surface area contributed by atoms with Crippen molar-refractivity contribution in [3.63, 3.8) is 0 Å². The first kappa shape index (κ1) is 20.7. The van der Waals surface area contributed by atoms with Crippen LogP contribution < -0.4 is 5.73 Å². The summed E-state index contributed by atoms with van der Waals surface area (Å²) in [5, 5.41) is 2.32. The van der Waals surface area contributed by atoms with Crippen LogP contribution in [0.3, 0.4) is 0 Å². The fourth-order valence-corrected chi connectivity index (χ4v) is 3.50. The molecule has 0 aliphatic carbocycles. The third kappa shape index (κ3) is 3.40. The summed E-state index contributed by atoms with van der Waals surface area (Å²) in [5.74, 6) is -1.83. The lowest BCUT2D eigenvalue weighted by molar-refractivity contribution is -0.275. The standard InChI is InChI=1S/C17H9Cl3F4N2O2/c18-10-3-7(1-2-9(10)15(25)27)13-6-16(28-26-13,17(22,23)24)8-4-11(19)14(21)12(20)5-8/h1-5H,6H2,(H2,25,27). The predicted molar refractivity (Wildman–Crippen MR) is 96.4 cm³/mol. The van der Waals surface area contributed by atoms with Crippen LogP contribution in [-0.2, 0) is 10.4 Å². The first-order valence-electron chi connectivity index (χ1n) is 7.53. The summed E-state index contributed by atoms with van der Waals surface area (Å²) in [6, 6.07) is 5.43. The highest BCUT2D eigenvalue weighted by atomic mass is 35.5. The average Bonchev–Trinajstić information content (AvgIpc) is 3.05. The van der Waals surface area contributed by atoms with E-state index < -0.39 is 45.5 Å². The zero-order valence-corrected chi connectivity index (χ0v) is 15.8. The largest absolute Gasteiger partial charge is 0.435 e. The van der Waals surface area contributed by atoms with Gasteiger partial charge in [-0.3, -0.25) is 4.79 Å². The van der Waals surface area contributed by atoms with Crippen molar-refractivity contribution in [2.45, 2.75) is 18.2 Å². The van der Waals surface area contributed by atoms with Gasteiger partial charge in [-0.1, -0.05) is 46.0 Å². The van der Waals surface area contributed by atoms with E-state index in [1.807, 2.05) is 0 Å². The van der Waals surface area contributed by atoms with Crippen molar-refractivity contribution in [1.82, 2.24) is 0 Å². The molecule has 1 heterocycles. The summed E-state index contributed by atoms with van der Waals surface area (Å²) in [7, 11) is 0. The van der Waals surface area contributed by atoms with E-state index in [0.717, 1.165) is 12.1 Å². The minimum Gasteiger partial charge on any atom is -0.374 e. The number of primary amides is 1. The molecule has 0 spiro atoms. The van der Waals surface area contributed by atoms with Crippen molar-refractivity contribution < 1.29 is 27.2 Å². The number of oxime groups is 1. The summed E-state index contributed by atoms with van der Waals surface area (Å²) in [4.78, 5) is 16.1. The lowest BCUT2D eigenvalue weighted by Crippen LogP contribution is -2.42. The van der Waals surface area contributed by atoms with E-state index in [0.29, 0.717) is 0 Å². The van der Waals surface area contributed by atoms with Crippen LogP contribution in [0.2, 0.25) is 15.1 Å². The zero-order chi connectivity index (χ0) is 20.9. The van der Waals surface area contributed by atoms with Crippen LogP contribution in [0.25, 0.3) is 0 Å². The number of carbonyl (C=O) groups is 1. The van der Waals surface area contributed by atoms with Gasteiger partial charge in [-0.15, -0.1) is 0 Å². The van der Waals surface area contributed by atoms with E-state index in [1.165, 1.54) is 18.2 Å². The number of rotatable bonds is 3. The second-order valence-corrected chi connectivity index (χ2v) is 7.17. The van der Waals surface area contributed by atoms with Crippen LogP contribution in [0, 0.1) is 5.82 Å². The van der Waals surface area contributed by atoms with Crippen LogP contribution in [0.5, 0.6) is 0 Å². The second kappa shape index (κ2) is 7.09. The van der Waals surface area contributed by atoms with Crippen LogP contribution in [0.1, 0.15) is 27.9 Å². The first-order chi connectivity index (χ1) is 13.0. The van der Waals surface area contributed by atoms with Crippen molar-refractivity contribution in [2.24, 2.45) is 10.9 Å². The Morgan fingerprint density at radius 2 is 1.71 bits per heavy atom. The molecule has 1 aliphatic rings. The highest BCUT2D eigenvalue weighted by Crippen LogP contribution is 2.50. The lowest BCUT2D eigenvalue weighted by atomic mass is 9.86. The van der Waals surface area contributed by atoms with Crippen LogP contribution in [-0.4, -0.2) is 17.8 Å². The highest BCUT2D eigenvalue weighted by molar-refractivity contribution is 6.35. The van der Waals surface area contributed by atoms with Crippen molar-refractivity contribution in [2.75, 3.05) is 0 Å². The smallest absolute Gasteiger partial charge is 0.374 e. The van der Waals surface area contributed by atoms with Crippen LogP contribution in [0.15, 0.2) is 35.5 Å². The second-order valence-electron chi connectivity index (χ2n) is 5.94. The molecule has 0 bridgehead atoms. The van der Waals surface area contributed by atoms with Crippen molar-refractivity contribution >= 4 is 46.4 Å². The number of halogens is 7. The Labute approximate surface area is 170 Å². The third-order valence-corrected chi connectivity index (χ3v) is 5.07. The first-order valence-corrected chi connectivity index (χ1v) is 8.66. The molecule has 1 aliphatic heterocycles. The molecule has 2 N–H and O–H groups in total. The molecule has 0 aromatic heterocycles. The molecule has 0 saturated heterocycles. The molecule has 4 nitrogen and oxygen atoms in total. The molecule has 1 amide bonds. The lowest BCUT2D eigenvalue weighted by Gasteiger charge is -2.29. The molecule has 1 unspecified atom stereocenters. The number of carbonyl (C=O) groups excluding carboxylic acids is 1. The fraction of sp³-hybridized carbons (Fsp3) is 0.176. The molecule has 28 heavy (non-hydrogen) atoms. The van der Waals surface area contributed by atoms with Gasteiger partial charge in [0.25, 0.3) is 5.60 Å². The summed E-state index contributed by atoms with van der Waals surface area (Å²) in [5.41, 5.74) is 1.84. The number of hydrogen-bond donors (Lipinski definition) is 1. The topological polar surface area (TPSA) is 64.7 Å². The third-order valence-electron chi connectivity index (χ3n) is 4.20. The Morgan fingerprint density at radius 3 is 2.21 bits per heavy atom. The van der Waals surface area contributed by atoms with E-state index in [2.05, 4.69) is 5.16 Å². The van der Waals surface area contributed by atoms with Gasteiger partial charge in [-0.05, 0) is 24.3 Å². The maximum atomic E-state index is 13.9. The van der Waals surface area contributed by atoms with Gasteiger partial charge in [0.05, 0.1) is 26.3 Å². The molecule has 3 rings (SSSR count). The average molecular weight is 456 g/mol. The molecular weight excluding hydrogens is 447 g/mol. The molecule has 148 valence electrons. The highest BCUT2D eigenvalue weighted by Gasteiger charge is 2.62. The number of nitrogens with two attached hydrogens (primary N) is 1. The molecule has 1 atom stereocenters. The maximum absolute atomic E-state index is 13.9. The molecule has 0 radical (unpaired) electrons. The fourth-order valence-electron chi connectivity index (χ4n) is 2.74. The normalized spacial score (nSPS) is 19.3. The Bertz CT molecular complexity index is 987. The number of benzene rings is 2. The van der Waals surface area contributed by atoms with Crippen LogP contribution >= 0.6 is 34.8 Å². The summed E-state index contributed by atoms with van der Waals surface area (Å²) in [6.07, 6.45) is -5.68. The van der Waals surface area contributed by atoms with Crippen LogP contribution in [0.4, 0.5) is 17.6 Å². The van der Waals surface area contributed by atoms with Gasteiger partial charge < -0.3 is 10.6 Å². The predicted octanol–water partition coefficient (Wildman–Crippen LogP) is 5.47. The van der Waals surface area contributed by atoms with Gasteiger partial charge in [0.15, 0.2) is 5.82 Å². The molecule has 2 aromatic rings. The van der Waals surface area contributed by atoms with Crippen molar-refractivity contribution in [3.05, 3.63) is 67.9 Å². The molecule has 11 heteroatoms. The number of amides is 1. The van der Waals surface area contributed by atoms with Crippen molar-refractivity contribution in [1.29, 1.82) is 0 Å². The Morgan fingerprint density at radius 1 is 1.11 bits per heavy atom. The summed E-state index contributed by atoms with van der Waals surface area (Å²) in [6.45, 7) is 0. The molecule has 2 aromatic carbocycles. The van der Waals surface area contributed by atoms with E-state index in [-0.39, 0.29) is 21.9 Å². The van der Waals surface area contributed by atoms with Gasteiger partial charge in [-0.2, -0.15) is 13.2 Å². The van der Waals surface area contributed by atoms with E-state index in [9.17, 15) is 22.4 Å². The maximum Gasteiger partial charge on any atom is 0.435 e. The Kier molecular flexibility index (Phi) is 5.24. The minimum atomic E-state index is -4.93. The van der Waals surface area contributed by atoms with Gasteiger partial charge >= 0.3 is 6.18 Å². The SMILES string of the molecule is NC(=O)c1ccc(C2=NOC(c3cc(Cl)c(F)c(Cl)c3)(C(F)(F)F)C2)cc1Cl. The van der Waals surface area contributed by atoms with Gasteiger partial charge in [0.1, 0.15) is 0 Å². The van der Waals surface area contributed by atoms with Crippen molar-refractivity contribution in [3.8, 4) is 0 Å². The van der Waals surface area contributed by atoms with Gasteiger partial charge in [0.2, 0.25) is 5.91 Å². The Hall–Kier alpha value is -2.03. The Balaban J connectivity index is 2.04. The van der Waals surface area contributed by atoms with E-state index in [4.69, 9.17) is 45.4 Å². The number of hydrogen-bond acceptors (Lipinski definition) is 3. The minimum absolute atomic E-state index is 0.00381. The molecule has 0 fully saturated rings. The zero-order valence-electron chi connectivity index (χ0n) is 13.6. The number of alkyl halides is 3. The quantitative estimate of drug-likeness (QED) is 0.493. The number of nitrogens with zero attached hydrogens (tertiary/aromatic N) is 1. The van der Waals surface area contributed by atoms with Gasteiger partial charge in [-0.25, -0.2) is 4.39 Å². The molecule has 0 saturated carbocycles. The van der Waals surface area contributed by atoms with E-state index >= 15 is 0 Å². The summed E-state index contributed by atoms with van der Waals surface area (Å²) >= 11 is 17.2. The monoisotopic (exact) mass is 454 g/mol. The molecular formula is C17H9Cl3F4N2O2. The van der Waals surface area contributed by atoms with E-state index in [1.54, 1.807) is 0 Å².